The fourth-order valence-corrected chi connectivity index (χ4v) is 4.98. The first kappa shape index (κ1) is 22.1. The summed E-state index contributed by atoms with van der Waals surface area (Å²) in [5, 5.41) is 5.02. The fourth-order valence-electron chi connectivity index (χ4n) is 4.37. The molecule has 3 aromatic rings. The predicted octanol–water partition coefficient (Wildman–Crippen LogP) is 6.41. The Hall–Kier alpha value is -2.11. The minimum Gasteiger partial charge on any atom is -0.491 e. The number of aromatic nitrogens is 2. The summed E-state index contributed by atoms with van der Waals surface area (Å²) in [7, 11) is 0. The number of hydrogen-bond donors (Lipinski definition) is 0. The summed E-state index contributed by atoms with van der Waals surface area (Å²) in [5.74, 6) is 1.36. The van der Waals surface area contributed by atoms with Crippen LogP contribution in [0.25, 0.3) is 5.69 Å². The molecule has 0 bridgehead atoms. The average molecular weight is 482 g/mol. The van der Waals surface area contributed by atoms with Gasteiger partial charge in [0.1, 0.15) is 16.0 Å². The van der Waals surface area contributed by atoms with E-state index in [1.807, 2.05) is 10.7 Å². The topological polar surface area (TPSA) is 30.3 Å². The second-order valence-corrected chi connectivity index (χ2v) is 9.76. The lowest BCUT2D eigenvalue weighted by Crippen LogP contribution is -2.33. The zero-order chi connectivity index (χ0) is 22.1. The molecule has 2 heterocycles. The molecule has 164 valence electrons. The highest BCUT2D eigenvalue weighted by Crippen LogP contribution is 2.36. The first-order valence-corrected chi connectivity index (χ1v) is 11.9. The zero-order valence-corrected chi connectivity index (χ0v) is 20.7. The van der Waals surface area contributed by atoms with E-state index < -0.39 is 0 Å². The van der Waals surface area contributed by atoms with E-state index in [9.17, 15) is 0 Å². The Morgan fingerprint density at radius 1 is 1.03 bits per heavy atom. The molecule has 31 heavy (non-hydrogen) atoms. The standard InChI is InChI=1S/C26H32BrN3O/c1-17(2)16-31-24-12-8-10-19(4)25(24)30-26(27)22-15-29(14-13-23(22)28-30)20(5)21-11-7-6-9-18(21)3/h6-12,17,20H,13-16H2,1-5H3. The summed E-state index contributed by atoms with van der Waals surface area (Å²) in [6.45, 7) is 13.6. The van der Waals surface area contributed by atoms with E-state index >= 15 is 0 Å². The first-order chi connectivity index (χ1) is 14.9. The van der Waals surface area contributed by atoms with Crippen LogP contribution >= 0.6 is 15.9 Å². The van der Waals surface area contributed by atoms with Gasteiger partial charge >= 0.3 is 0 Å². The highest BCUT2D eigenvalue weighted by Gasteiger charge is 2.28. The van der Waals surface area contributed by atoms with Crippen LogP contribution in [0.15, 0.2) is 47.1 Å². The Balaban J connectivity index is 1.66. The van der Waals surface area contributed by atoms with Crippen molar-refractivity contribution in [3.63, 3.8) is 0 Å². The summed E-state index contributed by atoms with van der Waals surface area (Å²) in [6.07, 6.45) is 0.950. The molecule has 0 radical (unpaired) electrons. The first-order valence-electron chi connectivity index (χ1n) is 11.2. The lowest BCUT2D eigenvalue weighted by atomic mass is 9.98. The van der Waals surface area contributed by atoms with Crippen molar-refractivity contribution in [2.24, 2.45) is 5.92 Å². The van der Waals surface area contributed by atoms with Crippen LogP contribution in [0.2, 0.25) is 0 Å². The third-order valence-electron chi connectivity index (χ3n) is 6.17. The lowest BCUT2D eigenvalue weighted by molar-refractivity contribution is 0.190. The van der Waals surface area contributed by atoms with Crippen LogP contribution in [-0.4, -0.2) is 27.8 Å². The van der Waals surface area contributed by atoms with E-state index in [-0.39, 0.29) is 0 Å². The van der Waals surface area contributed by atoms with Crippen LogP contribution in [0.1, 0.15) is 54.8 Å². The van der Waals surface area contributed by atoms with Crippen molar-refractivity contribution < 1.29 is 4.74 Å². The van der Waals surface area contributed by atoms with E-state index in [2.05, 4.69) is 91.8 Å². The summed E-state index contributed by atoms with van der Waals surface area (Å²) in [5.41, 5.74) is 7.40. The van der Waals surface area contributed by atoms with Gasteiger partial charge in [0.2, 0.25) is 0 Å². The number of aryl methyl sites for hydroxylation is 2. The van der Waals surface area contributed by atoms with E-state index in [4.69, 9.17) is 9.84 Å². The molecule has 0 saturated heterocycles. The molecule has 1 aliphatic heterocycles. The lowest BCUT2D eigenvalue weighted by Gasteiger charge is -2.33. The molecule has 1 aromatic heterocycles. The molecule has 2 aromatic carbocycles. The molecule has 1 atom stereocenters. The van der Waals surface area contributed by atoms with Crippen molar-refractivity contribution >= 4 is 15.9 Å². The smallest absolute Gasteiger partial charge is 0.145 e. The molecular weight excluding hydrogens is 450 g/mol. The Bertz CT molecular complexity index is 1070. The minimum atomic E-state index is 0.369. The predicted molar refractivity (Wildman–Crippen MR) is 130 cm³/mol. The van der Waals surface area contributed by atoms with Gasteiger partial charge < -0.3 is 4.74 Å². The number of nitrogens with zero attached hydrogens (tertiary/aromatic N) is 3. The number of hydrogen-bond acceptors (Lipinski definition) is 3. The molecule has 1 unspecified atom stereocenters. The molecule has 0 amide bonds. The van der Waals surface area contributed by atoms with Crippen molar-refractivity contribution in [3.05, 3.63) is 75.0 Å². The van der Waals surface area contributed by atoms with Crippen molar-refractivity contribution in [1.29, 1.82) is 0 Å². The van der Waals surface area contributed by atoms with Gasteiger partial charge in [0.15, 0.2) is 0 Å². The van der Waals surface area contributed by atoms with Gasteiger partial charge in [-0.15, -0.1) is 0 Å². The third-order valence-corrected chi connectivity index (χ3v) is 6.99. The molecule has 4 rings (SSSR count). The second-order valence-electron chi connectivity index (χ2n) is 9.01. The molecule has 0 spiro atoms. The minimum absolute atomic E-state index is 0.369. The highest BCUT2D eigenvalue weighted by molar-refractivity contribution is 9.10. The summed E-state index contributed by atoms with van der Waals surface area (Å²) in [4.78, 5) is 2.55. The summed E-state index contributed by atoms with van der Waals surface area (Å²) in [6, 6.07) is 15.3. The van der Waals surface area contributed by atoms with Crippen LogP contribution in [-0.2, 0) is 13.0 Å². The van der Waals surface area contributed by atoms with E-state index in [0.29, 0.717) is 18.6 Å². The quantitative estimate of drug-likeness (QED) is 0.407. The van der Waals surface area contributed by atoms with Gasteiger partial charge in [-0.2, -0.15) is 5.10 Å². The number of halogens is 1. The van der Waals surface area contributed by atoms with Gasteiger partial charge in [-0.1, -0.05) is 50.2 Å². The molecule has 0 N–H and O–H groups in total. The number of para-hydroxylation sites is 1. The van der Waals surface area contributed by atoms with Crippen LogP contribution in [0, 0.1) is 19.8 Å². The SMILES string of the molecule is Cc1ccccc1C(C)N1CCc2nn(-c3c(C)cccc3OCC(C)C)c(Br)c2C1. The van der Waals surface area contributed by atoms with Crippen molar-refractivity contribution in [2.75, 3.05) is 13.2 Å². The maximum atomic E-state index is 6.16. The maximum absolute atomic E-state index is 6.16. The summed E-state index contributed by atoms with van der Waals surface area (Å²) >= 11 is 3.89. The largest absolute Gasteiger partial charge is 0.491 e. The average Bonchev–Trinajstić information content (AvgIpc) is 3.07. The fraction of sp³-hybridized carbons (Fsp3) is 0.423. The third kappa shape index (κ3) is 4.44. The number of ether oxygens (including phenoxy) is 1. The maximum Gasteiger partial charge on any atom is 0.145 e. The van der Waals surface area contributed by atoms with Gasteiger partial charge in [-0.05, 0) is 65.4 Å². The van der Waals surface area contributed by atoms with Crippen molar-refractivity contribution in [2.45, 2.75) is 53.6 Å². The van der Waals surface area contributed by atoms with Crippen LogP contribution in [0.5, 0.6) is 5.75 Å². The second kappa shape index (κ2) is 9.17. The number of benzene rings is 2. The van der Waals surface area contributed by atoms with Gasteiger partial charge in [-0.3, -0.25) is 4.90 Å². The van der Waals surface area contributed by atoms with Gasteiger partial charge in [-0.25, -0.2) is 4.68 Å². The van der Waals surface area contributed by atoms with E-state index in [1.54, 1.807) is 0 Å². The Morgan fingerprint density at radius 3 is 2.52 bits per heavy atom. The van der Waals surface area contributed by atoms with Crippen LogP contribution < -0.4 is 4.74 Å². The van der Waals surface area contributed by atoms with Gasteiger partial charge in [0.05, 0.1) is 12.3 Å². The Morgan fingerprint density at radius 2 is 1.77 bits per heavy atom. The molecule has 4 nitrogen and oxygen atoms in total. The molecular formula is C26H32BrN3O. The van der Waals surface area contributed by atoms with Crippen LogP contribution in [0.4, 0.5) is 0 Å². The molecule has 0 aliphatic carbocycles. The van der Waals surface area contributed by atoms with Gasteiger partial charge in [0.25, 0.3) is 0 Å². The number of fused-ring (bicyclic) bond motifs is 1. The molecule has 5 heteroatoms. The van der Waals surface area contributed by atoms with E-state index in [0.717, 1.165) is 41.1 Å². The molecule has 1 aliphatic rings. The Labute approximate surface area is 194 Å². The zero-order valence-electron chi connectivity index (χ0n) is 19.2. The van der Waals surface area contributed by atoms with Crippen LogP contribution in [0.3, 0.4) is 0 Å². The highest BCUT2D eigenvalue weighted by atomic mass is 79.9. The normalized spacial score (nSPS) is 15.2. The van der Waals surface area contributed by atoms with Crippen molar-refractivity contribution in [1.82, 2.24) is 14.7 Å². The molecule has 0 fully saturated rings. The van der Waals surface area contributed by atoms with E-state index in [1.165, 1.54) is 22.4 Å². The monoisotopic (exact) mass is 481 g/mol. The van der Waals surface area contributed by atoms with Crippen molar-refractivity contribution in [3.8, 4) is 11.4 Å². The molecule has 0 saturated carbocycles. The summed E-state index contributed by atoms with van der Waals surface area (Å²) < 4.78 is 9.23. The van der Waals surface area contributed by atoms with Gasteiger partial charge in [0, 0.05) is 31.1 Å². The Kier molecular flexibility index (Phi) is 6.54. The number of rotatable bonds is 6.